The molecule has 0 aliphatic heterocycles. The summed E-state index contributed by atoms with van der Waals surface area (Å²) >= 11 is 0. The molecule has 0 bridgehead atoms. The van der Waals surface area contributed by atoms with Crippen LogP contribution in [0.15, 0.2) is 0 Å². The Morgan fingerprint density at radius 3 is 2.64 bits per heavy atom. The maximum absolute atomic E-state index is 11.3. The van der Waals surface area contributed by atoms with Crippen molar-refractivity contribution in [2.75, 3.05) is 0 Å². The first-order chi connectivity index (χ1) is 5.25. The summed E-state index contributed by atoms with van der Waals surface area (Å²) in [5.74, 6) is -0.0438. The molecule has 0 aromatic carbocycles. The Morgan fingerprint density at radius 1 is 1.36 bits per heavy atom. The number of rotatable bonds is 1. The lowest BCUT2D eigenvalue weighted by Crippen LogP contribution is -2.20. The molecule has 11 heavy (non-hydrogen) atoms. The fourth-order valence-electron chi connectivity index (χ4n) is 1.60. The molecular weight excluding hydrogens is 140 g/mol. The topological polar surface area (TPSA) is 34.1 Å². The van der Waals surface area contributed by atoms with Gasteiger partial charge in [0.25, 0.3) is 0 Å². The first-order valence-electron chi connectivity index (χ1n) is 4.24. The third-order valence-electron chi connectivity index (χ3n) is 2.42. The van der Waals surface area contributed by atoms with E-state index in [4.69, 9.17) is 0 Å². The summed E-state index contributed by atoms with van der Waals surface area (Å²) in [5.41, 5.74) is 0. The van der Waals surface area contributed by atoms with E-state index in [1.165, 1.54) is 0 Å². The van der Waals surface area contributed by atoms with E-state index in [1.54, 1.807) is 0 Å². The van der Waals surface area contributed by atoms with Crippen LogP contribution in [0.5, 0.6) is 0 Å². The molecule has 1 saturated carbocycles. The number of hydrogen-bond donors (Lipinski definition) is 0. The summed E-state index contributed by atoms with van der Waals surface area (Å²) in [6.45, 7) is 1.92. The first-order valence-corrected chi connectivity index (χ1v) is 4.24. The molecule has 0 aromatic rings. The zero-order valence-electron chi connectivity index (χ0n) is 6.88. The zero-order valence-corrected chi connectivity index (χ0v) is 6.88. The van der Waals surface area contributed by atoms with Crippen LogP contribution >= 0.6 is 0 Å². The van der Waals surface area contributed by atoms with Crippen LogP contribution in [-0.4, -0.2) is 12.1 Å². The van der Waals surface area contributed by atoms with Crippen molar-refractivity contribution in [1.82, 2.24) is 0 Å². The lowest BCUT2D eigenvalue weighted by molar-refractivity contribution is -0.129. The minimum Gasteiger partial charge on any atom is -0.303 e. The predicted octanol–water partition coefficient (Wildman–Crippen LogP) is 1.58. The maximum atomic E-state index is 11.3. The van der Waals surface area contributed by atoms with Crippen LogP contribution in [0.25, 0.3) is 0 Å². The van der Waals surface area contributed by atoms with E-state index >= 15 is 0 Å². The molecule has 0 aromatic heterocycles. The van der Waals surface area contributed by atoms with E-state index in [0.29, 0.717) is 0 Å². The largest absolute Gasteiger partial charge is 0.303 e. The van der Waals surface area contributed by atoms with E-state index in [9.17, 15) is 9.59 Å². The minimum atomic E-state index is -0.299. The molecule has 0 spiro atoms. The molecule has 1 rings (SSSR count). The average molecular weight is 154 g/mol. The minimum absolute atomic E-state index is 0.104. The molecule has 2 heteroatoms. The number of ketones is 1. The SMILES string of the molecule is CC1CCCCC(C=O)C1=O. The highest BCUT2D eigenvalue weighted by Crippen LogP contribution is 2.22. The molecule has 1 fully saturated rings. The quantitative estimate of drug-likeness (QED) is 0.326. The average Bonchev–Trinajstić information content (AvgIpc) is 2.16. The van der Waals surface area contributed by atoms with Crippen molar-refractivity contribution in [1.29, 1.82) is 0 Å². The third-order valence-corrected chi connectivity index (χ3v) is 2.42. The molecule has 62 valence electrons. The van der Waals surface area contributed by atoms with Crippen LogP contribution in [0, 0.1) is 11.8 Å². The van der Waals surface area contributed by atoms with Crippen molar-refractivity contribution in [3.63, 3.8) is 0 Å². The van der Waals surface area contributed by atoms with Gasteiger partial charge in [-0.25, -0.2) is 0 Å². The summed E-state index contributed by atoms with van der Waals surface area (Å²) in [7, 11) is 0. The van der Waals surface area contributed by atoms with Crippen LogP contribution in [0.4, 0.5) is 0 Å². The molecule has 0 amide bonds. The summed E-state index contributed by atoms with van der Waals surface area (Å²) in [5, 5.41) is 0. The maximum Gasteiger partial charge on any atom is 0.145 e. The van der Waals surface area contributed by atoms with Crippen LogP contribution in [0.1, 0.15) is 32.6 Å². The van der Waals surface area contributed by atoms with Gasteiger partial charge in [0, 0.05) is 5.92 Å². The van der Waals surface area contributed by atoms with Gasteiger partial charge in [-0.3, -0.25) is 4.79 Å². The summed E-state index contributed by atoms with van der Waals surface area (Å²) in [6, 6.07) is 0. The Kier molecular flexibility index (Phi) is 2.80. The highest BCUT2D eigenvalue weighted by atomic mass is 16.1. The zero-order chi connectivity index (χ0) is 8.27. The van der Waals surface area contributed by atoms with Crippen LogP contribution in [0.3, 0.4) is 0 Å². The van der Waals surface area contributed by atoms with Crippen molar-refractivity contribution >= 4 is 12.1 Å². The van der Waals surface area contributed by atoms with Gasteiger partial charge >= 0.3 is 0 Å². The van der Waals surface area contributed by atoms with Crippen LogP contribution < -0.4 is 0 Å². The van der Waals surface area contributed by atoms with Gasteiger partial charge in [-0.05, 0) is 12.8 Å². The second-order valence-corrected chi connectivity index (χ2v) is 3.33. The Hall–Kier alpha value is -0.660. The smallest absolute Gasteiger partial charge is 0.145 e. The van der Waals surface area contributed by atoms with Gasteiger partial charge in [0.05, 0.1) is 5.92 Å². The number of carbonyl (C=O) groups excluding carboxylic acids is 2. The Bertz CT molecular complexity index is 163. The first kappa shape index (κ1) is 8.44. The van der Waals surface area contributed by atoms with E-state index in [1.807, 2.05) is 6.92 Å². The van der Waals surface area contributed by atoms with Gasteiger partial charge < -0.3 is 4.79 Å². The summed E-state index contributed by atoms with van der Waals surface area (Å²) in [6.07, 6.45) is 4.66. The van der Waals surface area contributed by atoms with Crippen molar-refractivity contribution in [2.45, 2.75) is 32.6 Å². The number of hydrogen-bond acceptors (Lipinski definition) is 2. The van der Waals surface area contributed by atoms with E-state index in [-0.39, 0.29) is 17.6 Å². The molecule has 0 heterocycles. The monoisotopic (exact) mass is 154 g/mol. The molecule has 2 atom stereocenters. The van der Waals surface area contributed by atoms with E-state index in [2.05, 4.69) is 0 Å². The Morgan fingerprint density at radius 2 is 2.00 bits per heavy atom. The third kappa shape index (κ3) is 1.88. The van der Waals surface area contributed by atoms with Crippen molar-refractivity contribution < 1.29 is 9.59 Å². The van der Waals surface area contributed by atoms with Gasteiger partial charge in [0.15, 0.2) is 0 Å². The van der Waals surface area contributed by atoms with Gasteiger partial charge in [0.1, 0.15) is 12.1 Å². The lowest BCUT2D eigenvalue weighted by atomic mass is 9.94. The van der Waals surface area contributed by atoms with Gasteiger partial charge in [-0.15, -0.1) is 0 Å². The van der Waals surface area contributed by atoms with E-state index in [0.717, 1.165) is 32.0 Å². The summed E-state index contributed by atoms with van der Waals surface area (Å²) < 4.78 is 0. The van der Waals surface area contributed by atoms with Gasteiger partial charge in [-0.2, -0.15) is 0 Å². The molecule has 1 aliphatic rings. The van der Waals surface area contributed by atoms with Gasteiger partial charge in [-0.1, -0.05) is 19.8 Å². The van der Waals surface area contributed by atoms with Crippen LogP contribution in [-0.2, 0) is 9.59 Å². The molecule has 0 saturated heterocycles. The second-order valence-electron chi connectivity index (χ2n) is 3.33. The molecule has 1 aliphatic carbocycles. The molecule has 2 unspecified atom stereocenters. The van der Waals surface area contributed by atoms with Crippen molar-refractivity contribution in [3.05, 3.63) is 0 Å². The highest BCUT2D eigenvalue weighted by molar-refractivity contribution is 5.94. The van der Waals surface area contributed by atoms with Crippen molar-refractivity contribution in [3.8, 4) is 0 Å². The fourth-order valence-corrected chi connectivity index (χ4v) is 1.60. The predicted molar refractivity (Wildman–Crippen MR) is 42.2 cm³/mol. The van der Waals surface area contributed by atoms with Gasteiger partial charge in [0.2, 0.25) is 0 Å². The Labute approximate surface area is 67.0 Å². The number of Topliss-reactive ketones (excluding diaryl/α,β-unsaturated/α-hetero) is 1. The van der Waals surface area contributed by atoms with Crippen molar-refractivity contribution in [2.24, 2.45) is 11.8 Å². The fraction of sp³-hybridized carbons (Fsp3) is 0.778. The second kappa shape index (κ2) is 3.65. The molecule has 0 radical (unpaired) electrons. The molecule has 0 N–H and O–H groups in total. The Balaban J connectivity index is 2.63. The molecular formula is C9H14O2. The summed E-state index contributed by atoms with van der Waals surface area (Å²) in [4.78, 5) is 21.8. The number of carbonyl (C=O) groups is 2. The lowest BCUT2D eigenvalue weighted by Gasteiger charge is -2.08. The normalized spacial score (nSPS) is 33.0. The highest BCUT2D eigenvalue weighted by Gasteiger charge is 2.25. The number of aldehydes is 1. The molecule has 2 nitrogen and oxygen atoms in total. The standard InChI is InChI=1S/C9H14O2/c1-7-4-2-3-5-8(6-10)9(7)11/h6-8H,2-5H2,1H3. The van der Waals surface area contributed by atoms with E-state index < -0.39 is 0 Å². The van der Waals surface area contributed by atoms with Crippen LogP contribution in [0.2, 0.25) is 0 Å².